The zero-order valence-electron chi connectivity index (χ0n) is 18.1. The number of carboxylic acids is 1. The molecule has 0 saturated heterocycles. The number of aliphatic carboxylic acids is 1. The zero-order chi connectivity index (χ0) is 21.5. The molecule has 0 heterocycles. The van der Waals surface area contributed by atoms with Gasteiger partial charge in [-0.15, -0.1) is 0 Å². The van der Waals surface area contributed by atoms with E-state index in [9.17, 15) is 25.2 Å². The molecule has 0 aliphatic heterocycles. The highest BCUT2D eigenvalue weighted by Crippen LogP contribution is 2.41. The van der Waals surface area contributed by atoms with Crippen molar-refractivity contribution in [2.45, 2.75) is 92.4 Å². The summed E-state index contributed by atoms with van der Waals surface area (Å²) >= 11 is 0. The van der Waals surface area contributed by atoms with E-state index in [4.69, 9.17) is 0 Å². The molecule has 5 nitrogen and oxygen atoms in total. The number of hydrogen-bond donors (Lipinski definition) is 4. The van der Waals surface area contributed by atoms with Crippen LogP contribution in [0.2, 0.25) is 0 Å². The fourth-order valence-electron chi connectivity index (χ4n) is 3.36. The second-order valence-electron chi connectivity index (χ2n) is 9.75. The van der Waals surface area contributed by atoms with E-state index in [1.165, 1.54) is 0 Å². The Balaban J connectivity index is 2.68. The molecule has 0 bridgehead atoms. The fraction of sp³-hybridized carbons (Fsp3) is 0.696. The second kappa shape index (κ2) is 10.0. The lowest BCUT2D eigenvalue weighted by atomic mass is 9.86. The van der Waals surface area contributed by atoms with Crippen LogP contribution in [0, 0.1) is 10.8 Å². The second-order valence-corrected chi connectivity index (χ2v) is 9.75. The Labute approximate surface area is 169 Å². The largest absolute Gasteiger partial charge is 0.504 e. The molecule has 0 spiro atoms. The van der Waals surface area contributed by atoms with Gasteiger partial charge in [-0.3, -0.25) is 4.79 Å². The molecule has 0 aromatic heterocycles. The molecular formula is C23H38O5. The average Bonchev–Trinajstić information content (AvgIpc) is 2.57. The van der Waals surface area contributed by atoms with Crippen LogP contribution in [0.15, 0.2) is 6.07 Å². The predicted octanol–water partition coefficient (Wildman–Crippen LogP) is 5.78. The molecule has 0 unspecified atom stereocenters. The average molecular weight is 395 g/mol. The van der Waals surface area contributed by atoms with E-state index in [-0.39, 0.29) is 16.9 Å². The van der Waals surface area contributed by atoms with Crippen molar-refractivity contribution < 1.29 is 25.2 Å². The number of aromatic hydroxyl groups is 3. The molecule has 0 aliphatic carbocycles. The molecule has 0 saturated carbocycles. The minimum Gasteiger partial charge on any atom is -0.504 e. The van der Waals surface area contributed by atoms with Gasteiger partial charge in [0.2, 0.25) is 5.75 Å². The van der Waals surface area contributed by atoms with Crippen molar-refractivity contribution in [3.05, 3.63) is 17.2 Å². The van der Waals surface area contributed by atoms with Crippen LogP contribution in [0.25, 0.3) is 0 Å². The lowest BCUT2D eigenvalue weighted by Crippen LogP contribution is -2.23. The summed E-state index contributed by atoms with van der Waals surface area (Å²) < 4.78 is 0. The molecule has 4 N–H and O–H groups in total. The van der Waals surface area contributed by atoms with E-state index in [1.54, 1.807) is 19.9 Å². The molecule has 28 heavy (non-hydrogen) atoms. The van der Waals surface area contributed by atoms with E-state index in [1.807, 2.05) is 0 Å². The number of carbonyl (C=O) groups is 1. The monoisotopic (exact) mass is 394 g/mol. The van der Waals surface area contributed by atoms with Crippen LogP contribution < -0.4 is 0 Å². The first-order valence-corrected chi connectivity index (χ1v) is 10.3. The molecule has 0 radical (unpaired) electrons. The summed E-state index contributed by atoms with van der Waals surface area (Å²) in [4.78, 5) is 11.2. The van der Waals surface area contributed by atoms with Gasteiger partial charge in [0.05, 0.1) is 5.41 Å². The van der Waals surface area contributed by atoms with Crippen LogP contribution in [0.3, 0.4) is 0 Å². The summed E-state index contributed by atoms with van der Waals surface area (Å²) in [6.45, 7) is 10.1. The smallest absolute Gasteiger partial charge is 0.309 e. The molecule has 1 rings (SSSR count). The Morgan fingerprint density at radius 3 is 1.96 bits per heavy atom. The Hall–Kier alpha value is -1.91. The first-order valence-electron chi connectivity index (χ1n) is 10.3. The van der Waals surface area contributed by atoms with Crippen LogP contribution in [0.1, 0.15) is 90.7 Å². The lowest BCUT2D eigenvalue weighted by molar-refractivity contribution is -0.147. The van der Waals surface area contributed by atoms with Crippen molar-refractivity contribution in [3.63, 3.8) is 0 Å². The van der Waals surface area contributed by atoms with Crippen LogP contribution in [0.5, 0.6) is 17.2 Å². The van der Waals surface area contributed by atoms with Gasteiger partial charge in [-0.2, -0.15) is 0 Å². The van der Waals surface area contributed by atoms with Crippen LogP contribution >= 0.6 is 0 Å². The van der Waals surface area contributed by atoms with Crippen LogP contribution in [0.4, 0.5) is 0 Å². The third kappa shape index (κ3) is 7.61. The summed E-state index contributed by atoms with van der Waals surface area (Å²) in [5.41, 5.74) is 1.14. The molecular weight excluding hydrogens is 356 g/mol. The number of carboxylic acid groups (broad SMARTS) is 1. The van der Waals surface area contributed by atoms with E-state index in [0.717, 1.165) is 50.5 Å². The number of benzene rings is 1. The van der Waals surface area contributed by atoms with Gasteiger partial charge < -0.3 is 20.4 Å². The summed E-state index contributed by atoms with van der Waals surface area (Å²) in [6, 6.07) is 1.56. The van der Waals surface area contributed by atoms with Gasteiger partial charge in [-0.05, 0) is 69.4 Å². The Bertz CT molecular complexity index is 656. The summed E-state index contributed by atoms with van der Waals surface area (Å²) in [5.74, 6) is -1.75. The molecule has 1 aromatic carbocycles. The summed E-state index contributed by atoms with van der Waals surface area (Å²) in [6.07, 6.45) is 7.53. The number of unbranched alkanes of at least 4 members (excludes halogenated alkanes) is 3. The summed E-state index contributed by atoms with van der Waals surface area (Å²) in [7, 11) is 0. The normalized spacial score (nSPS) is 12.3. The molecule has 0 fully saturated rings. The molecule has 160 valence electrons. The van der Waals surface area contributed by atoms with Crippen LogP contribution in [-0.4, -0.2) is 26.4 Å². The number of aryl methyl sites for hydroxylation is 1. The van der Waals surface area contributed by atoms with E-state index in [0.29, 0.717) is 18.4 Å². The first-order chi connectivity index (χ1) is 12.8. The van der Waals surface area contributed by atoms with Gasteiger partial charge in [-0.1, -0.05) is 40.0 Å². The van der Waals surface area contributed by atoms with E-state index < -0.39 is 17.1 Å². The van der Waals surface area contributed by atoms with Gasteiger partial charge in [0.1, 0.15) is 0 Å². The standard InChI is InChI=1S/C23H38O5/c1-22(2,3)13-10-8-11-16-15-18(24)20(26)19(25)17(16)12-7-6-9-14-23(4,5)21(27)28/h15,24-26H,6-14H2,1-5H3,(H,27,28). The Morgan fingerprint density at radius 2 is 1.39 bits per heavy atom. The maximum Gasteiger partial charge on any atom is 0.309 e. The maximum absolute atomic E-state index is 11.2. The third-order valence-electron chi connectivity index (χ3n) is 5.38. The summed E-state index contributed by atoms with van der Waals surface area (Å²) in [5, 5.41) is 39.3. The van der Waals surface area contributed by atoms with Crippen LogP contribution in [-0.2, 0) is 17.6 Å². The number of phenolic OH excluding ortho intramolecular Hbond substituents is 3. The SMILES string of the molecule is CC(C)(C)CCCCc1cc(O)c(O)c(O)c1CCCCCC(C)(C)C(=O)O. The van der Waals surface area contributed by atoms with Gasteiger partial charge in [0.25, 0.3) is 0 Å². The lowest BCUT2D eigenvalue weighted by Gasteiger charge is -2.19. The van der Waals surface area contributed by atoms with Gasteiger partial charge >= 0.3 is 5.97 Å². The number of hydrogen-bond acceptors (Lipinski definition) is 4. The van der Waals surface area contributed by atoms with Crippen molar-refractivity contribution in [2.24, 2.45) is 10.8 Å². The molecule has 0 amide bonds. The number of phenols is 3. The number of rotatable bonds is 11. The van der Waals surface area contributed by atoms with E-state index in [2.05, 4.69) is 20.8 Å². The van der Waals surface area contributed by atoms with Crippen molar-refractivity contribution in [3.8, 4) is 17.2 Å². The highest BCUT2D eigenvalue weighted by molar-refractivity contribution is 5.73. The Morgan fingerprint density at radius 1 is 0.821 bits per heavy atom. The molecule has 0 atom stereocenters. The van der Waals surface area contributed by atoms with Gasteiger partial charge in [0.15, 0.2) is 11.5 Å². The third-order valence-corrected chi connectivity index (χ3v) is 5.38. The van der Waals surface area contributed by atoms with Gasteiger partial charge in [-0.25, -0.2) is 0 Å². The molecule has 1 aromatic rings. The first kappa shape index (κ1) is 24.1. The molecule has 5 heteroatoms. The van der Waals surface area contributed by atoms with Gasteiger partial charge in [0, 0.05) is 5.56 Å². The highest BCUT2D eigenvalue weighted by atomic mass is 16.4. The van der Waals surface area contributed by atoms with Crippen molar-refractivity contribution in [2.75, 3.05) is 0 Å². The predicted molar refractivity (Wildman–Crippen MR) is 112 cm³/mol. The van der Waals surface area contributed by atoms with Crippen molar-refractivity contribution in [1.82, 2.24) is 0 Å². The topological polar surface area (TPSA) is 98.0 Å². The van der Waals surface area contributed by atoms with Crippen molar-refractivity contribution in [1.29, 1.82) is 0 Å². The minimum absolute atomic E-state index is 0.225. The highest BCUT2D eigenvalue weighted by Gasteiger charge is 2.26. The van der Waals surface area contributed by atoms with Crippen molar-refractivity contribution >= 4 is 5.97 Å². The maximum atomic E-state index is 11.2. The fourth-order valence-corrected chi connectivity index (χ4v) is 3.36. The zero-order valence-corrected chi connectivity index (χ0v) is 18.1. The minimum atomic E-state index is -0.786. The quantitative estimate of drug-likeness (QED) is 0.282. The molecule has 0 aliphatic rings. The van der Waals surface area contributed by atoms with E-state index >= 15 is 0 Å². The Kier molecular flexibility index (Phi) is 8.65.